The predicted molar refractivity (Wildman–Crippen MR) is 85.9 cm³/mol. The number of carbonyl (C=O) groups excluding carboxylic acids is 1. The summed E-state index contributed by atoms with van der Waals surface area (Å²) in [7, 11) is -1.10. The van der Waals surface area contributed by atoms with Gasteiger partial charge in [-0.3, -0.25) is 4.79 Å². The fourth-order valence-electron chi connectivity index (χ4n) is 1.77. The van der Waals surface area contributed by atoms with E-state index in [9.17, 15) is 13.2 Å². The van der Waals surface area contributed by atoms with Gasteiger partial charge in [0.15, 0.2) is 0 Å². The van der Waals surface area contributed by atoms with Crippen molar-refractivity contribution in [3.05, 3.63) is 24.3 Å². The predicted octanol–water partition coefficient (Wildman–Crippen LogP) is 0.964. The molecule has 0 aliphatic heterocycles. The Morgan fingerprint density at radius 3 is 2.57 bits per heavy atom. The second kappa shape index (κ2) is 7.99. The van der Waals surface area contributed by atoms with Gasteiger partial charge in [0.25, 0.3) is 0 Å². The maximum atomic E-state index is 11.8. The summed E-state index contributed by atoms with van der Waals surface area (Å²) < 4.78 is 22.1. The molecule has 1 rings (SSSR count). The van der Waals surface area contributed by atoms with Gasteiger partial charge in [0.2, 0.25) is 5.91 Å². The van der Waals surface area contributed by atoms with Crippen LogP contribution >= 0.6 is 0 Å². The van der Waals surface area contributed by atoms with Crippen LogP contribution in [0, 0.1) is 0 Å². The van der Waals surface area contributed by atoms with Crippen molar-refractivity contribution < 1.29 is 13.2 Å². The van der Waals surface area contributed by atoms with Crippen molar-refractivity contribution in [3.63, 3.8) is 0 Å². The second-order valence-corrected chi connectivity index (χ2v) is 7.43. The van der Waals surface area contributed by atoms with Crippen LogP contribution in [0.1, 0.15) is 12.8 Å². The Morgan fingerprint density at radius 2 is 1.95 bits per heavy atom. The lowest BCUT2D eigenvalue weighted by molar-refractivity contribution is -0.116. The molecular formula is C14H23N3O3S. The Kier molecular flexibility index (Phi) is 6.64. The number of nitrogens with two attached hydrogens (primary N) is 1. The van der Waals surface area contributed by atoms with E-state index in [1.165, 1.54) is 6.26 Å². The Bertz CT molecular complexity index is 573. The minimum absolute atomic E-state index is 0.0931. The van der Waals surface area contributed by atoms with Gasteiger partial charge >= 0.3 is 0 Å². The third-order valence-corrected chi connectivity index (χ3v) is 3.95. The molecule has 0 spiro atoms. The van der Waals surface area contributed by atoms with Crippen LogP contribution in [0.3, 0.4) is 0 Å². The highest BCUT2D eigenvalue weighted by Gasteiger charge is 2.08. The molecule has 0 heterocycles. The number of benzene rings is 1. The van der Waals surface area contributed by atoms with Crippen LogP contribution in [0.4, 0.5) is 11.4 Å². The van der Waals surface area contributed by atoms with E-state index >= 15 is 0 Å². The minimum atomic E-state index is -2.94. The van der Waals surface area contributed by atoms with Gasteiger partial charge in [0.05, 0.1) is 17.1 Å². The quantitative estimate of drug-likeness (QED) is 0.698. The van der Waals surface area contributed by atoms with Crippen molar-refractivity contribution in [1.82, 2.24) is 4.90 Å². The standard InChI is InChI=1S/C14H23N3O3S/c1-17(10-11-21(2,19)20)9-5-8-14(18)16-13-7-4-3-6-12(13)15/h3-4,6-7H,5,8-11,15H2,1-2H3,(H,16,18). The second-order valence-electron chi connectivity index (χ2n) is 5.17. The first kappa shape index (κ1) is 17.5. The van der Waals surface area contributed by atoms with Crippen LogP contribution < -0.4 is 11.1 Å². The number of amides is 1. The maximum Gasteiger partial charge on any atom is 0.224 e. The third-order valence-electron chi connectivity index (χ3n) is 3.02. The number of hydrogen-bond acceptors (Lipinski definition) is 5. The SMILES string of the molecule is CN(CCCC(=O)Nc1ccccc1N)CCS(C)(=O)=O. The van der Waals surface area contributed by atoms with Crippen molar-refractivity contribution in [2.75, 3.05) is 43.2 Å². The number of rotatable bonds is 8. The van der Waals surface area contributed by atoms with E-state index in [2.05, 4.69) is 5.32 Å². The van der Waals surface area contributed by atoms with Gasteiger partial charge in [-0.2, -0.15) is 0 Å². The van der Waals surface area contributed by atoms with Gasteiger partial charge in [-0.15, -0.1) is 0 Å². The molecule has 118 valence electrons. The monoisotopic (exact) mass is 313 g/mol. The lowest BCUT2D eigenvalue weighted by atomic mass is 10.2. The maximum absolute atomic E-state index is 11.8. The number of nitrogen functional groups attached to an aromatic ring is 1. The average Bonchev–Trinajstić information content (AvgIpc) is 2.38. The molecule has 0 aromatic heterocycles. The van der Waals surface area contributed by atoms with Crippen LogP contribution in [-0.2, 0) is 14.6 Å². The first-order chi connectivity index (χ1) is 9.78. The molecule has 0 atom stereocenters. The van der Waals surface area contributed by atoms with Gasteiger partial charge < -0.3 is 16.0 Å². The van der Waals surface area contributed by atoms with Crippen LogP contribution in [0.25, 0.3) is 0 Å². The van der Waals surface area contributed by atoms with Crippen LogP contribution in [0.5, 0.6) is 0 Å². The smallest absolute Gasteiger partial charge is 0.224 e. The molecule has 1 aromatic carbocycles. The molecule has 0 saturated heterocycles. The number of sulfone groups is 1. The summed E-state index contributed by atoms with van der Waals surface area (Å²) in [5, 5.41) is 2.76. The van der Waals surface area contributed by atoms with E-state index in [1.54, 1.807) is 12.1 Å². The van der Waals surface area contributed by atoms with Gasteiger partial charge in [-0.05, 0) is 32.1 Å². The summed E-state index contributed by atoms with van der Waals surface area (Å²) >= 11 is 0. The molecule has 1 aromatic rings. The number of nitrogens with one attached hydrogen (secondary N) is 1. The highest BCUT2D eigenvalue weighted by Crippen LogP contribution is 2.16. The Hall–Kier alpha value is -1.60. The van der Waals surface area contributed by atoms with Crippen molar-refractivity contribution in [2.45, 2.75) is 12.8 Å². The molecule has 0 bridgehead atoms. The summed E-state index contributed by atoms with van der Waals surface area (Å²) in [5.74, 6) is 0.0420. The van der Waals surface area contributed by atoms with E-state index in [1.807, 2.05) is 24.1 Å². The average molecular weight is 313 g/mol. The van der Waals surface area contributed by atoms with Gasteiger partial charge in [0.1, 0.15) is 9.84 Å². The molecule has 0 aliphatic rings. The summed E-state index contributed by atoms with van der Waals surface area (Å²) in [6.45, 7) is 1.15. The third kappa shape index (κ3) is 7.67. The summed E-state index contributed by atoms with van der Waals surface area (Å²) in [6.07, 6.45) is 2.26. The molecule has 0 saturated carbocycles. The summed E-state index contributed by atoms with van der Waals surface area (Å²) in [4.78, 5) is 13.7. The van der Waals surface area contributed by atoms with Gasteiger partial charge in [-0.25, -0.2) is 8.42 Å². The molecule has 7 heteroatoms. The fraction of sp³-hybridized carbons (Fsp3) is 0.500. The van der Waals surface area contributed by atoms with E-state index in [0.29, 0.717) is 37.3 Å². The van der Waals surface area contributed by atoms with Crippen molar-refractivity contribution >= 4 is 27.1 Å². The Balaban J connectivity index is 2.26. The molecule has 0 radical (unpaired) electrons. The molecular weight excluding hydrogens is 290 g/mol. The molecule has 6 nitrogen and oxygen atoms in total. The lowest BCUT2D eigenvalue weighted by Gasteiger charge is -2.15. The van der Waals surface area contributed by atoms with Gasteiger partial charge in [0, 0.05) is 19.2 Å². The highest BCUT2D eigenvalue weighted by molar-refractivity contribution is 7.90. The number of nitrogens with zero attached hydrogens (tertiary/aromatic N) is 1. The zero-order chi connectivity index (χ0) is 15.9. The Labute approximate surface area is 126 Å². The fourth-order valence-corrected chi connectivity index (χ4v) is 2.41. The van der Waals surface area contributed by atoms with E-state index < -0.39 is 9.84 Å². The molecule has 21 heavy (non-hydrogen) atoms. The Morgan fingerprint density at radius 1 is 1.29 bits per heavy atom. The first-order valence-electron chi connectivity index (χ1n) is 6.78. The normalized spacial score (nSPS) is 11.6. The zero-order valence-electron chi connectivity index (χ0n) is 12.5. The molecule has 1 amide bonds. The van der Waals surface area contributed by atoms with Crippen molar-refractivity contribution in [2.24, 2.45) is 0 Å². The highest BCUT2D eigenvalue weighted by atomic mass is 32.2. The van der Waals surface area contributed by atoms with Crippen molar-refractivity contribution in [1.29, 1.82) is 0 Å². The number of carbonyl (C=O) groups is 1. The number of para-hydroxylation sites is 2. The van der Waals surface area contributed by atoms with E-state index in [-0.39, 0.29) is 11.7 Å². The zero-order valence-corrected chi connectivity index (χ0v) is 13.3. The van der Waals surface area contributed by atoms with E-state index in [4.69, 9.17) is 5.73 Å². The topological polar surface area (TPSA) is 92.5 Å². The minimum Gasteiger partial charge on any atom is -0.397 e. The number of hydrogen-bond donors (Lipinski definition) is 2. The van der Waals surface area contributed by atoms with Crippen LogP contribution in [-0.4, -0.2) is 51.4 Å². The van der Waals surface area contributed by atoms with Crippen molar-refractivity contribution in [3.8, 4) is 0 Å². The van der Waals surface area contributed by atoms with E-state index in [0.717, 1.165) is 0 Å². The summed E-state index contributed by atoms with van der Waals surface area (Å²) in [5.41, 5.74) is 6.90. The molecule has 3 N–H and O–H groups in total. The van der Waals surface area contributed by atoms with Crippen LogP contribution in [0.15, 0.2) is 24.3 Å². The molecule has 0 aliphatic carbocycles. The van der Waals surface area contributed by atoms with Crippen LogP contribution in [0.2, 0.25) is 0 Å². The largest absolute Gasteiger partial charge is 0.397 e. The van der Waals surface area contributed by atoms with Gasteiger partial charge in [-0.1, -0.05) is 12.1 Å². The summed E-state index contributed by atoms with van der Waals surface area (Å²) in [6, 6.07) is 7.10. The molecule has 0 unspecified atom stereocenters. The number of anilines is 2. The lowest BCUT2D eigenvalue weighted by Crippen LogP contribution is -2.27. The first-order valence-corrected chi connectivity index (χ1v) is 8.84. The molecule has 0 fully saturated rings.